The van der Waals surface area contributed by atoms with Crippen molar-refractivity contribution < 1.29 is 58.7 Å². The molecule has 9 nitrogen and oxygen atoms in total. The molecule has 0 fully saturated rings. The second-order valence-electron chi connectivity index (χ2n) is 12.1. The van der Waals surface area contributed by atoms with Crippen molar-refractivity contribution in [1.29, 1.82) is 0 Å². The summed E-state index contributed by atoms with van der Waals surface area (Å²) in [7, 11) is -6.49. The lowest BCUT2D eigenvalue weighted by Crippen LogP contribution is -2.49. The van der Waals surface area contributed by atoms with E-state index in [0.717, 1.165) is 5.56 Å². The Morgan fingerprint density at radius 1 is 1.11 bits per heavy atom. The van der Waals surface area contributed by atoms with Crippen LogP contribution in [-0.4, -0.2) is 43.1 Å². The summed E-state index contributed by atoms with van der Waals surface area (Å²) in [6.07, 6.45) is 0.803. The molecular formula is C31H26F5NO8S. The van der Waals surface area contributed by atoms with E-state index in [2.05, 4.69) is 4.18 Å². The highest BCUT2D eigenvalue weighted by molar-refractivity contribution is 7.88. The number of fused-ring (bicyclic) bond motifs is 7. The highest BCUT2D eigenvalue weighted by Gasteiger charge is 2.56. The second-order valence-corrected chi connectivity index (χ2v) is 13.6. The zero-order valence-corrected chi connectivity index (χ0v) is 25.3. The average molecular weight is 668 g/mol. The fraction of sp³-hybridized carbons (Fsp3) is 0.355. The van der Waals surface area contributed by atoms with Gasteiger partial charge in [-0.2, -0.15) is 26.0 Å². The first-order chi connectivity index (χ1) is 21.4. The van der Waals surface area contributed by atoms with Gasteiger partial charge in [0.25, 0.3) is 0 Å². The number of ether oxygens (including phenoxy) is 2. The van der Waals surface area contributed by atoms with Crippen LogP contribution in [0.4, 0.5) is 27.6 Å². The normalized spacial score (nSPS) is 21.1. The molecule has 0 radical (unpaired) electrons. The number of esters is 1. The molecule has 244 valence electrons. The number of carbonyl (C=O) groups is 2. The third-order valence-electron chi connectivity index (χ3n) is 8.61. The fourth-order valence-electron chi connectivity index (χ4n) is 6.73. The molecule has 0 saturated heterocycles. The minimum Gasteiger partial charge on any atom is -0.481 e. The van der Waals surface area contributed by atoms with Gasteiger partial charge in [0.15, 0.2) is 17.2 Å². The van der Waals surface area contributed by atoms with Gasteiger partial charge in [-0.15, -0.1) is 0 Å². The van der Waals surface area contributed by atoms with Gasteiger partial charge in [-0.3, -0.25) is 4.79 Å². The SMILES string of the molecule is CC1CC(C)(C)N(CCCC(=O)O)c2cc3c(cc21)C1(OC(=O)c2ccccc21)c1cc(F)c(OS(=O)(=O)C(F)(F)F)c(F)c1O3. The van der Waals surface area contributed by atoms with Gasteiger partial charge >= 0.3 is 27.6 Å². The van der Waals surface area contributed by atoms with Crippen LogP contribution in [0.2, 0.25) is 0 Å². The van der Waals surface area contributed by atoms with E-state index in [-0.39, 0.29) is 41.2 Å². The predicted molar refractivity (Wildman–Crippen MR) is 152 cm³/mol. The van der Waals surface area contributed by atoms with E-state index in [4.69, 9.17) is 9.47 Å². The Hall–Kier alpha value is -4.40. The van der Waals surface area contributed by atoms with Gasteiger partial charge in [-0.25, -0.2) is 9.18 Å². The third kappa shape index (κ3) is 4.65. The number of aliphatic carboxylic acids is 1. The quantitative estimate of drug-likeness (QED) is 0.132. The van der Waals surface area contributed by atoms with Crippen LogP contribution in [0.25, 0.3) is 0 Å². The molecule has 0 aromatic heterocycles. The fourth-order valence-corrected chi connectivity index (χ4v) is 7.20. The van der Waals surface area contributed by atoms with Gasteiger partial charge in [0, 0.05) is 41.4 Å². The van der Waals surface area contributed by atoms with Crippen LogP contribution in [0.3, 0.4) is 0 Å². The Labute approximate surface area is 259 Å². The van der Waals surface area contributed by atoms with Gasteiger partial charge in [-0.1, -0.05) is 25.1 Å². The summed E-state index contributed by atoms with van der Waals surface area (Å²) < 4.78 is 110. The number of nitrogens with zero attached hydrogens (tertiary/aromatic N) is 1. The molecule has 0 aliphatic carbocycles. The van der Waals surface area contributed by atoms with E-state index < -0.39 is 67.4 Å². The van der Waals surface area contributed by atoms with Gasteiger partial charge in [0.05, 0.1) is 11.1 Å². The molecule has 15 heteroatoms. The molecule has 2 unspecified atom stereocenters. The molecule has 2 atom stereocenters. The van der Waals surface area contributed by atoms with E-state index in [9.17, 15) is 36.3 Å². The maximum Gasteiger partial charge on any atom is 0.534 e. The number of anilines is 1. The minimum atomic E-state index is -6.49. The van der Waals surface area contributed by atoms with Crippen LogP contribution < -0.4 is 13.8 Å². The van der Waals surface area contributed by atoms with Crippen molar-refractivity contribution in [2.75, 3.05) is 11.4 Å². The summed E-state index contributed by atoms with van der Waals surface area (Å²) in [6, 6.07) is 9.78. The number of rotatable bonds is 6. The Balaban J connectivity index is 1.61. The minimum absolute atomic E-state index is 0.0595. The van der Waals surface area contributed by atoms with Gasteiger partial charge in [-0.05, 0) is 56.4 Å². The number of carboxylic acids is 1. The first-order valence-electron chi connectivity index (χ1n) is 14.1. The number of hydrogen-bond donors (Lipinski definition) is 1. The summed E-state index contributed by atoms with van der Waals surface area (Å²) in [5.74, 6) is -8.55. The van der Waals surface area contributed by atoms with Crippen LogP contribution in [0.15, 0.2) is 42.5 Å². The summed E-state index contributed by atoms with van der Waals surface area (Å²) >= 11 is 0. The summed E-state index contributed by atoms with van der Waals surface area (Å²) in [6.45, 7) is 6.20. The maximum absolute atomic E-state index is 16.1. The molecule has 1 spiro atoms. The number of carboxylic acid groups (broad SMARTS) is 1. The van der Waals surface area contributed by atoms with Crippen LogP contribution in [0.5, 0.6) is 17.2 Å². The molecule has 3 aliphatic heterocycles. The standard InChI is InChI=1S/C31H26F5NO8S/c1-15-14-29(2,3)37(10-6-9-24(38)39)22-13-23-19(11-17(15)22)30(18-8-5-4-7-16(18)28(40)44-30)20-12-21(32)27(25(33)26(20)43-23)45-46(41,42)31(34,35)36/h4-5,7-8,11-13,15H,6,9-10,14H2,1-3H3,(H,38,39). The van der Waals surface area contributed by atoms with Crippen molar-refractivity contribution in [3.63, 3.8) is 0 Å². The van der Waals surface area contributed by atoms with E-state index in [1.807, 2.05) is 25.7 Å². The van der Waals surface area contributed by atoms with Gasteiger partial charge in [0.1, 0.15) is 5.75 Å². The first kappa shape index (κ1) is 31.6. The van der Waals surface area contributed by atoms with Crippen LogP contribution in [0.1, 0.15) is 78.6 Å². The van der Waals surface area contributed by atoms with Crippen LogP contribution in [-0.2, 0) is 25.3 Å². The average Bonchev–Trinajstić information content (AvgIpc) is 3.25. The molecule has 3 aliphatic rings. The number of hydrogen-bond acceptors (Lipinski definition) is 8. The number of benzene rings is 3. The van der Waals surface area contributed by atoms with E-state index in [1.54, 1.807) is 18.2 Å². The van der Waals surface area contributed by atoms with Crippen molar-refractivity contribution >= 4 is 27.7 Å². The molecule has 1 N–H and O–H groups in total. The second kappa shape index (κ2) is 10.3. The monoisotopic (exact) mass is 667 g/mol. The topological polar surface area (TPSA) is 119 Å². The smallest absolute Gasteiger partial charge is 0.481 e. The summed E-state index contributed by atoms with van der Waals surface area (Å²) in [4.78, 5) is 26.4. The molecule has 6 rings (SSSR count). The van der Waals surface area contributed by atoms with Crippen molar-refractivity contribution in [2.24, 2.45) is 0 Å². The van der Waals surface area contributed by atoms with Gasteiger partial charge < -0.3 is 23.7 Å². The predicted octanol–water partition coefficient (Wildman–Crippen LogP) is 6.72. The van der Waals surface area contributed by atoms with Crippen molar-refractivity contribution in [1.82, 2.24) is 0 Å². The zero-order valence-electron chi connectivity index (χ0n) is 24.5. The van der Waals surface area contributed by atoms with Crippen molar-refractivity contribution in [3.05, 3.63) is 81.9 Å². The van der Waals surface area contributed by atoms with E-state index >= 15 is 8.78 Å². The molecule has 3 aromatic rings. The highest BCUT2D eigenvalue weighted by atomic mass is 32.2. The summed E-state index contributed by atoms with van der Waals surface area (Å²) in [5, 5.41) is 9.21. The third-order valence-corrected chi connectivity index (χ3v) is 9.56. The number of halogens is 5. The Bertz CT molecular complexity index is 1930. The Kier molecular flexibility index (Phi) is 7.07. The molecule has 0 bridgehead atoms. The molecular weight excluding hydrogens is 641 g/mol. The molecule has 3 aromatic carbocycles. The lowest BCUT2D eigenvalue weighted by molar-refractivity contribution is -0.137. The van der Waals surface area contributed by atoms with Gasteiger partial charge in [0.2, 0.25) is 11.6 Å². The number of carbonyl (C=O) groups excluding carboxylic acids is 1. The van der Waals surface area contributed by atoms with Crippen LogP contribution in [0, 0.1) is 11.6 Å². The van der Waals surface area contributed by atoms with E-state index in [0.29, 0.717) is 24.7 Å². The first-order valence-corrected chi connectivity index (χ1v) is 15.5. The highest BCUT2D eigenvalue weighted by Crippen LogP contribution is 2.60. The van der Waals surface area contributed by atoms with Crippen LogP contribution >= 0.6 is 0 Å². The molecule has 3 heterocycles. The van der Waals surface area contributed by atoms with E-state index in [1.165, 1.54) is 18.2 Å². The largest absolute Gasteiger partial charge is 0.534 e. The van der Waals surface area contributed by atoms with Crippen molar-refractivity contribution in [3.8, 4) is 17.2 Å². The molecule has 0 saturated carbocycles. The van der Waals surface area contributed by atoms with Crippen molar-refractivity contribution in [2.45, 2.75) is 62.6 Å². The Morgan fingerprint density at radius 3 is 2.48 bits per heavy atom. The maximum atomic E-state index is 16.1. The molecule has 0 amide bonds. The zero-order chi connectivity index (χ0) is 33.6. The Morgan fingerprint density at radius 2 is 1.80 bits per heavy atom. The summed E-state index contributed by atoms with van der Waals surface area (Å²) in [5.41, 5.74) is -7.24. The molecule has 46 heavy (non-hydrogen) atoms. The number of alkyl halides is 3. The lowest BCUT2D eigenvalue weighted by atomic mass is 9.74. The lowest BCUT2D eigenvalue weighted by Gasteiger charge is -2.48.